The van der Waals surface area contributed by atoms with Gasteiger partial charge in [0.2, 0.25) is 10.0 Å². The second-order valence-corrected chi connectivity index (χ2v) is 21.0. The highest BCUT2D eigenvalue weighted by Crippen LogP contribution is 2.44. The maximum atomic E-state index is 13.7. The molecule has 1 aliphatic carbocycles. The Kier molecular flexibility index (Phi) is 9.21. The number of nitrogens with zero attached hydrogens (tertiary/aromatic N) is 4. The molecule has 0 atom stereocenters. The quantitative estimate of drug-likeness (QED) is 0.149. The number of hydrogen-bond donors (Lipinski definition) is 0. The van der Waals surface area contributed by atoms with E-state index in [-0.39, 0.29) is 30.0 Å². The van der Waals surface area contributed by atoms with Crippen LogP contribution in [-0.4, -0.2) is 66.4 Å². The lowest BCUT2D eigenvalue weighted by Gasteiger charge is -2.36. The molecular weight excluding hydrogens is 616 g/mol. The van der Waals surface area contributed by atoms with Crippen LogP contribution >= 0.6 is 11.6 Å². The van der Waals surface area contributed by atoms with Gasteiger partial charge in [-0.05, 0) is 75.7 Å². The number of aryl methyl sites for hydroxylation is 3. The van der Waals surface area contributed by atoms with Crippen molar-refractivity contribution in [2.24, 2.45) is 7.05 Å². The molecule has 2 aromatic heterocycles. The highest BCUT2D eigenvalue weighted by molar-refractivity contribution is 7.89. The summed E-state index contributed by atoms with van der Waals surface area (Å²) in [6, 6.07) is 3.87. The Bertz CT molecular complexity index is 1680. The van der Waals surface area contributed by atoms with Crippen molar-refractivity contribution >= 4 is 46.8 Å². The molecule has 2 aliphatic rings. The van der Waals surface area contributed by atoms with Gasteiger partial charge in [-0.3, -0.25) is 4.68 Å². The van der Waals surface area contributed by atoms with Crippen molar-refractivity contribution in [2.45, 2.75) is 104 Å². The van der Waals surface area contributed by atoms with Crippen LogP contribution in [-0.2, 0) is 45.7 Å². The molecule has 3 heterocycles. The van der Waals surface area contributed by atoms with Gasteiger partial charge in [0.1, 0.15) is 5.69 Å². The summed E-state index contributed by atoms with van der Waals surface area (Å²) in [7, 11) is -3.62. The second kappa shape index (κ2) is 12.2. The first-order valence-corrected chi connectivity index (χ1v) is 20.7. The van der Waals surface area contributed by atoms with E-state index in [9.17, 15) is 13.2 Å². The zero-order valence-electron chi connectivity index (χ0n) is 27.4. The summed E-state index contributed by atoms with van der Waals surface area (Å²) in [5.74, 6) is -0.426. The monoisotopic (exact) mass is 662 g/mol. The van der Waals surface area contributed by atoms with Crippen LogP contribution in [0.15, 0.2) is 12.1 Å². The Morgan fingerprint density at radius 2 is 1.89 bits per heavy atom. The van der Waals surface area contributed by atoms with Gasteiger partial charge >= 0.3 is 5.97 Å². The number of hydrogen-bond acceptors (Lipinski definition) is 6. The lowest BCUT2D eigenvalue weighted by molar-refractivity contribution is 0.0512. The number of aromatic nitrogens is 3. The molecule has 0 bridgehead atoms. The van der Waals surface area contributed by atoms with Crippen LogP contribution in [0.4, 0.5) is 0 Å². The number of sulfonamides is 1. The molecule has 1 aromatic carbocycles. The summed E-state index contributed by atoms with van der Waals surface area (Å²) in [5.41, 5.74) is 5.36. The smallest absolute Gasteiger partial charge is 0.355 e. The van der Waals surface area contributed by atoms with Crippen LogP contribution < -0.4 is 0 Å². The Hall–Kier alpha value is -2.18. The van der Waals surface area contributed by atoms with E-state index in [4.69, 9.17) is 25.9 Å². The molecule has 9 nitrogen and oxygen atoms in total. The van der Waals surface area contributed by atoms with Gasteiger partial charge in [-0.1, -0.05) is 38.4 Å². The van der Waals surface area contributed by atoms with Crippen LogP contribution in [0, 0.1) is 6.92 Å². The summed E-state index contributed by atoms with van der Waals surface area (Å²) in [5, 5.41) is 6.38. The molecule has 1 saturated carbocycles. The number of halogens is 1. The molecule has 0 unspecified atom stereocenters. The SMILES string of the molecule is CCOC(=O)c1c(CCCO[Si](C)(C)C(C)(C)C)c2ccc(Cl)c3c2n1CCCS(=O)(=O)N(C1CC1)Cc1nn(C)c(C)c1-3. The molecule has 12 heteroatoms. The third kappa shape index (κ3) is 6.14. The lowest BCUT2D eigenvalue weighted by atomic mass is 9.98. The minimum atomic E-state index is -3.56. The molecule has 1 aliphatic heterocycles. The molecule has 0 spiro atoms. The number of carbonyl (C=O) groups is 1. The standard InChI is InChI=1S/C32H47ClN4O5SSi/c1-9-41-31(38)30-23(12-10-18-42-44(7,8)32(3,4)5)24-15-16-25(33)28-27-21(2)35(6)34-26(27)20-37(22-13-14-22)43(39,40)19-11-17-36(30)29(24)28/h15-16,22H,9-14,17-20H2,1-8H3. The number of esters is 1. The van der Waals surface area contributed by atoms with E-state index in [1.165, 1.54) is 0 Å². The Labute approximate surface area is 268 Å². The van der Waals surface area contributed by atoms with Crippen molar-refractivity contribution in [1.82, 2.24) is 18.7 Å². The van der Waals surface area contributed by atoms with Gasteiger partial charge in [0.05, 0.1) is 35.1 Å². The van der Waals surface area contributed by atoms with Crippen LogP contribution in [0.1, 0.15) is 80.8 Å². The van der Waals surface area contributed by atoms with Crippen molar-refractivity contribution in [3.8, 4) is 11.1 Å². The fraction of sp³-hybridized carbons (Fsp3) is 0.625. The average molecular weight is 663 g/mol. The van der Waals surface area contributed by atoms with E-state index in [0.717, 1.165) is 52.5 Å². The van der Waals surface area contributed by atoms with Gasteiger partial charge in [-0.25, -0.2) is 13.2 Å². The van der Waals surface area contributed by atoms with Crippen LogP contribution in [0.2, 0.25) is 23.2 Å². The molecular formula is C32H47ClN4O5SSi. The first-order chi connectivity index (χ1) is 20.6. The number of rotatable bonds is 8. The lowest BCUT2D eigenvalue weighted by Crippen LogP contribution is -2.41. The predicted octanol–water partition coefficient (Wildman–Crippen LogP) is 6.83. The van der Waals surface area contributed by atoms with E-state index >= 15 is 0 Å². The average Bonchev–Trinajstić information content (AvgIpc) is 3.66. The van der Waals surface area contributed by atoms with Crippen molar-refractivity contribution in [3.05, 3.63) is 39.8 Å². The summed E-state index contributed by atoms with van der Waals surface area (Å²) >= 11 is 7.05. The first kappa shape index (κ1) is 33.2. The van der Waals surface area contributed by atoms with Gasteiger partial charge in [0, 0.05) is 48.4 Å². The number of benzene rings is 1. The van der Waals surface area contributed by atoms with E-state index in [1.54, 1.807) is 15.9 Å². The fourth-order valence-corrected chi connectivity index (χ4v) is 9.08. The van der Waals surface area contributed by atoms with Gasteiger partial charge in [0.15, 0.2) is 8.32 Å². The molecule has 5 rings (SSSR count). The van der Waals surface area contributed by atoms with Crippen LogP contribution in [0.5, 0.6) is 0 Å². The van der Waals surface area contributed by atoms with Crippen molar-refractivity contribution < 1.29 is 22.4 Å². The Balaban J connectivity index is 1.70. The van der Waals surface area contributed by atoms with Gasteiger partial charge in [-0.2, -0.15) is 9.40 Å². The topological polar surface area (TPSA) is 95.7 Å². The summed E-state index contributed by atoms with van der Waals surface area (Å²) in [6.45, 7) is 16.3. The summed E-state index contributed by atoms with van der Waals surface area (Å²) < 4.78 is 44.9. The van der Waals surface area contributed by atoms with Crippen LogP contribution in [0.25, 0.3) is 22.0 Å². The molecule has 242 valence electrons. The number of ether oxygens (including phenoxy) is 1. The van der Waals surface area contributed by atoms with Gasteiger partial charge < -0.3 is 13.7 Å². The maximum absolute atomic E-state index is 13.7. The largest absolute Gasteiger partial charge is 0.461 e. The third-order valence-electron chi connectivity index (χ3n) is 9.64. The molecule has 3 aromatic rings. The predicted molar refractivity (Wildman–Crippen MR) is 178 cm³/mol. The fourth-order valence-electron chi connectivity index (χ4n) is 6.03. The Morgan fingerprint density at radius 1 is 1.18 bits per heavy atom. The van der Waals surface area contributed by atoms with E-state index < -0.39 is 24.3 Å². The number of fused-ring (bicyclic) bond motifs is 2. The molecule has 1 fully saturated rings. The Morgan fingerprint density at radius 3 is 2.52 bits per heavy atom. The second-order valence-electron chi connectivity index (χ2n) is 13.7. The van der Waals surface area contributed by atoms with Crippen molar-refractivity contribution in [1.29, 1.82) is 0 Å². The minimum Gasteiger partial charge on any atom is -0.461 e. The van der Waals surface area contributed by atoms with E-state index in [1.807, 2.05) is 30.7 Å². The van der Waals surface area contributed by atoms with E-state index in [2.05, 4.69) is 33.9 Å². The normalized spacial score (nSPS) is 17.8. The number of carbonyl (C=O) groups excluding carboxylic acids is 1. The highest BCUT2D eigenvalue weighted by atomic mass is 35.5. The molecule has 0 N–H and O–H groups in total. The van der Waals surface area contributed by atoms with Gasteiger partial charge in [-0.15, -0.1) is 0 Å². The molecule has 44 heavy (non-hydrogen) atoms. The minimum absolute atomic E-state index is 0.00340. The zero-order valence-corrected chi connectivity index (χ0v) is 30.0. The molecule has 0 radical (unpaired) electrons. The van der Waals surface area contributed by atoms with Gasteiger partial charge in [0.25, 0.3) is 0 Å². The highest BCUT2D eigenvalue weighted by Gasteiger charge is 2.40. The maximum Gasteiger partial charge on any atom is 0.355 e. The summed E-state index contributed by atoms with van der Waals surface area (Å²) in [6.07, 6.45) is 3.41. The summed E-state index contributed by atoms with van der Waals surface area (Å²) in [4.78, 5) is 13.7. The van der Waals surface area contributed by atoms with Crippen LogP contribution in [0.3, 0.4) is 0 Å². The zero-order chi connectivity index (χ0) is 32.2. The molecule has 0 amide bonds. The van der Waals surface area contributed by atoms with Crippen molar-refractivity contribution in [2.75, 3.05) is 19.0 Å². The van der Waals surface area contributed by atoms with Crippen molar-refractivity contribution in [3.63, 3.8) is 0 Å². The molecule has 0 saturated heterocycles. The third-order valence-corrected chi connectivity index (χ3v) is 16.4. The first-order valence-electron chi connectivity index (χ1n) is 15.8. The van der Waals surface area contributed by atoms with E-state index in [0.29, 0.717) is 42.4 Å².